The zero-order chi connectivity index (χ0) is 20.9. The zero-order valence-electron chi connectivity index (χ0n) is 18.3. The van der Waals surface area contributed by atoms with Gasteiger partial charge in [-0.2, -0.15) is 0 Å². The maximum Gasteiger partial charge on any atom is 0.220 e. The number of hydrogen-bond acceptors (Lipinski definition) is 7. The summed E-state index contributed by atoms with van der Waals surface area (Å²) < 4.78 is 30.5. The Hall–Kier alpha value is -0.0631. The van der Waals surface area contributed by atoms with Crippen molar-refractivity contribution < 1.29 is 33.6 Å². The Balaban J connectivity index is 2.39. The lowest BCUT2D eigenvalue weighted by Gasteiger charge is -2.57. The fourth-order valence-corrected chi connectivity index (χ4v) is 4.92. The second kappa shape index (κ2) is 7.32. The third-order valence-corrected chi connectivity index (χ3v) is 11.3. The first kappa shape index (κ1) is 23.2. The molecule has 0 amide bonds. The van der Waals surface area contributed by atoms with E-state index in [0.29, 0.717) is 0 Å². The molecule has 2 aliphatic rings. The Labute approximate surface area is 164 Å². The minimum atomic E-state index is -2.14. The highest BCUT2D eigenvalue weighted by atomic mass is 28.4. The van der Waals surface area contributed by atoms with E-state index in [2.05, 4.69) is 33.9 Å². The van der Waals surface area contributed by atoms with Gasteiger partial charge in [0, 0.05) is 27.1 Å². The van der Waals surface area contributed by atoms with Gasteiger partial charge in [0.25, 0.3) is 0 Å². The van der Waals surface area contributed by atoms with E-state index >= 15 is 0 Å². The first-order chi connectivity index (χ1) is 12.2. The van der Waals surface area contributed by atoms with Crippen molar-refractivity contribution in [3.05, 3.63) is 0 Å². The molecule has 7 nitrogen and oxygen atoms in total. The Morgan fingerprint density at radius 3 is 2.00 bits per heavy atom. The summed E-state index contributed by atoms with van der Waals surface area (Å²) in [5, 5.41) is 20.7. The predicted octanol–water partition coefficient (Wildman–Crippen LogP) is 2.40. The van der Waals surface area contributed by atoms with Crippen molar-refractivity contribution in [1.82, 2.24) is 0 Å². The molecule has 0 aromatic carbocycles. The largest absolute Gasteiger partial charge is 0.411 e. The highest BCUT2D eigenvalue weighted by Crippen LogP contribution is 2.48. The number of rotatable bonds is 5. The zero-order valence-corrected chi connectivity index (χ0v) is 19.3. The summed E-state index contributed by atoms with van der Waals surface area (Å²) in [7, 11) is 0.942. The molecule has 2 rings (SSSR count). The van der Waals surface area contributed by atoms with Gasteiger partial charge < -0.3 is 33.6 Å². The fraction of sp³-hybridized carbons (Fsp3) is 1.00. The molecule has 1 saturated carbocycles. The standard InChI is InChI=1S/C19H38O7Si/c1-16(2,3)27(8,9)26-14-11-19(21,12-20)10-13-15(14)25-18(5,23-7)17(4,22-6)24-13/h13-15,20-21H,10-12H2,1-9H3/t13-,14-,15+,17+,18+,19-/m1/s1. The first-order valence-corrected chi connectivity index (χ1v) is 12.5. The molecule has 0 bridgehead atoms. The number of aliphatic hydroxyl groups is 2. The van der Waals surface area contributed by atoms with Gasteiger partial charge >= 0.3 is 0 Å². The van der Waals surface area contributed by atoms with Crippen LogP contribution in [0.5, 0.6) is 0 Å². The Morgan fingerprint density at radius 2 is 1.56 bits per heavy atom. The van der Waals surface area contributed by atoms with Crippen LogP contribution in [0.2, 0.25) is 18.1 Å². The van der Waals surface area contributed by atoms with Crippen molar-refractivity contribution in [3.8, 4) is 0 Å². The highest BCUT2D eigenvalue weighted by Gasteiger charge is 2.62. The normalized spacial score (nSPS) is 43.4. The van der Waals surface area contributed by atoms with Crippen molar-refractivity contribution in [3.63, 3.8) is 0 Å². The van der Waals surface area contributed by atoms with E-state index < -0.39 is 43.8 Å². The van der Waals surface area contributed by atoms with Crippen LogP contribution in [0.1, 0.15) is 47.5 Å². The van der Waals surface area contributed by atoms with Gasteiger partial charge in [0.1, 0.15) is 6.10 Å². The molecule has 160 valence electrons. The van der Waals surface area contributed by atoms with Crippen LogP contribution in [0.15, 0.2) is 0 Å². The summed E-state index contributed by atoms with van der Waals surface area (Å²) in [5.41, 5.74) is -1.28. The Morgan fingerprint density at radius 1 is 1.04 bits per heavy atom. The summed E-state index contributed by atoms with van der Waals surface area (Å²) in [6, 6.07) is 0. The molecule has 1 aliphatic heterocycles. The number of fused-ring (bicyclic) bond motifs is 1. The van der Waals surface area contributed by atoms with Crippen LogP contribution in [0.4, 0.5) is 0 Å². The molecule has 0 aromatic heterocycles. The molecule has 0 unspecified atom stereocenters. The van der Waals surface area contributed by atoms with Crippen molar-refractivity contribution in [2.24, 2.45) is 0 Å². The summed E-state index contributed by atoms with van der Waals surface area (Å²) in [6.07, 6.45) is -0.815. The number of methoxy groups -OCH3 is 2. The van der Waals surface area contributed by atoms with Gasteiger partial charge in [-0.3, -0.25) is 0 Å². The molecule has 6 atom stereocenters. The van der Waals surface area contributed by atoms with Gasteiger partial charge in [-0.15, -0.1) is 0 Å². The number of aliphatic hydroxyl groups excluding tert-OH is 1. The summed E-state index contributed by atoms with van der Waals surface area (Å²) in [6.45, 7) is 14.0. The molecule has 0 radical (unpaired) electrons. The molecular formula is C19H38O7Si. The topological polar surface area (TPSA) is 86.6 Å². The number of ether oxygens (including phenoxy) is 4. The lowest BCUT2D eigenvalue weighted by atomic mass is 9.79. The van der Waals surface area contributed by atoms with Gasteiger partial charge in [0.2, 0.25) is 11.6 Å². The van der Waals surface area contributed by atoms with E-state index in [1.165, 1.54) is 7.11 Å². The lowest BCUT2D eigenvalue weighted by molar-refractivity contribution is -0.461. The maximum absolute atomic E-state index is 10.9. The highest BCUT2D eigenvalue weighted by molar-refractivity contribution is 6.74. The van der Waals surface area contributed by atoms with Crippen LogP contribution in [-0.4, -0.2) is 74.8 Å². The average Bonchev–Trinajstić information content (AvgIpc) is 2.55. The Kier molecular flexibility index (Phi) is 6.30. The van der Waals surface area contributed by atoms with Crippen LogP contribution >= 0.6 is 0 Å². The van der Waals surface area contributed by atoms with Crippen molar-refractivity contribution in [2.75, 3.05) is 20.8 Å². The molecule has 27 heavy (non-hydrogen) atoms. The third-order valence-electron chi connectivity index (χ3n) is 6.78. The second-order valence-corrected chi connectivity index (χ2v) is 14.5. The molecule has 1 aliphatic carbocycles. The van der Waals surface area contributed by atoms with Crippen LogP contribution in [0.3, 0.4) is 0 Å². The van der Waals surface area contributed by atoms with Gasteiger partial charge in [0.05, 0.1) is 24.4 Å². The van der Waals surface area contributed by atoms with Crippen LogP contribution in [-0.2, 0) is 23.4 Å². The maximum atomic E-state index is 10.9. The molecule has 8 heteroatoms. The van der Waals surface area contributed by atoms with Crippen molar-refractivity contribution in [2.45, 2.75) is 101 Å². The lowest BCUT2D eigenvalue weighted by Crippen LogP contribution is -2.71. The molecule has 1 heterocycles. The average molecular weight is 407 g/mol. The quantitative estimate of drug-likeness (QED) is 0.678. The van der Waals surface area contributed by atoms with E-state index in [4.69, 9.17) is 23.4 Å². The van der Waals surface area contributed by atoms with Crippen LogP contribution in [0, 0.1) is 0 Å². The van der Waals surface area contributed by atoms with Gasteiger partial charge in [0.15, 0.2) is 8.32 Å². The van der Waals surface area contributed by atoms with Crippen LogP contribution in [0.25, 0.3) is 0 Å². The molecule has 0 aromatic rings. The summed E-state index contributed by atoms with van der Waals surface area (Å²) in [5.74, 6) is -2.29. The second-order valence-electron chi connectivity index (χ2n) is 9.75. The fourth-order valence-electron chi connectivity index (χ4n) is 3.59. The van der Waals surface area contributed by atoms with E-state index in [9.17, 15) is 10.2 Å². The van der Waals surface area contributed by atoms with E-state index in [-0.39, 0.29) is 24.5 Å². The van der Waals surface area contributed by atoms with Gasteiger partial charge in [-0.1, -0.05) is 20.8 Å². The van der Waals surface area contributed by atoms with Crippen LogP contribution < -0.4 is 0 Å². The summed E-state index contributed by atoms with van der Waals surface area (Å²) >= 11 is 0. The van der Waals surface area contributed by atoms with E-state index in [1.54, 1.807) is 21.0 Å². The SMILES string of the molecule is CO[C@@]1(C)O[C@H]2[C@@H](C[C@](O)(CO)C[C@H]2O[Si](C)(C)C(C)(C)C)O[C@]1(C)OC. The third kappa shape index (κ3) is 4.14. The summed E-state index contributed by atoms with van der Waals surface area (Å²) in [4.78, 5) is 0. The Bertz CT molecular complexity index is 537. The monoisotopic (exact) mass is 406 g/mol. The number of hydrogen-bond donors (Lipinski definition) is 2. The smallest absolute Gasteiger partial charge is 0.220 e. The van der Waals surface area contributed by atoms with Crippen molar-refractivity contribution in [1.29, 1.82) is 0 Å². The molecule has 0 spiro atoms. The minimum Gasteiger partial charge on any atom is -0.411 e. The molecule has 1 saturated heterocycles. The minimum absolute atomic E-state index is 0.00159. The van der Waals surface area contributed by atoms with Gasteiger partial charge in [-0.25, -0.2) is 0 Å². The van der Waals surface area contributed by atoms with E-state index in [1.807, 2.05) is 0 Å². The predicted molar refractivity (Wildman–Crippen MR) is 104 cm³/mol. The van der Waals surface area contributed by atoms with E-state index in [0.717, 1.165) is 0 Å². The first-order valence-electron chi connectivity index (χ1n) is 9.63. The van der Waals surface area contributed by atoms with Crippen molar-refractivity contribution >= 4 is 8.32 Å². The van der Waals surface area contributed by atoms with Gasteiger partial charge in [-0.05, 0) is 32.0 Å². The molecular weight excluding hydrogens is 368 g/mol. The molecule has 2 fully saturated rings. The molecule has 2 N–H and O–H groups in total.